The van der Waals surface area contributed by atoms with Crippen LogP contribution in [-0.4, -0.2) is 35.5 Å². The molecule has 1 aromatic carbocycles. The first-order valence-electron chi connectivity index (χ1n) is 11.2. The lowest BCUT2D eigenvalue weighted by atomic mass is 9.91. The summed E-state index contributed by atoms with van der Waals surface area (Å²) in [6.07, 6.45) is 2.25. The molecule has 7 heteroatoms. The molecule has 32 heavy (non-hydrogen) atoms. The van der Waals surface area contributed by atoms with Gasteiger partial charge in [-0.1, -0.05) is 12.1 Å². The molecule has 0 radical (unpaired) electrons. The summed E-state index contributed by atoms with van der Waals surface area (Å²) >= 11 is 0. The van der Waals surface area contributed by atoms with Crippen LogP contribution in [0.15, 0.2) is 36.5 Å². The summed E-state index contributed by atoms with van der Waals surface area (Å²) in [4.78, 5) is 19.3. The Balaban J connectivity index is 1.71. The van der Waals surface area contributed by atoms with Crippen molar-refractivity contribution in [2.24, 2.45) is 0 Å². The van der Waals surface area contributed by atoms with Crippen molar-refractivity contribution in [2.45, 2.75) is 77.9 Å². The SMILES string of the molecule is CC(C)OC1COC(C)(c2ccc3c(c2)NCc2cccnc2N3C(=O)OC(C)(C)C)C1. The van der Waals surface area contributed by atoms with Crippen molar-refractivity contribution in [1.82, 2.24) is 4.98 Å². The highest BCUT2D eigenvalue weighted by Gasteiger charge is 2.40. The van der Waals surface area contributed by atoms with Gasteiger partial charge < -0.3 is 19.5 Å². The molecule has 1 saturated heterocycles. The molecule has 172 valence electrons. The number of hydrogen-bond donors (Lipinski definition) is 1. The Hall–Kier alpha value is -2.64. The minimum Gasteiger partial charge on any atom is -0.443 e. The first-order valence-corrected chi connectivity index (χ1v) is 11.2. The standard InChI is InChI=1S/C25H33N3O4/c1-16(2)31-19-13-25(6,30-15-19)18-9-10-21-20(12-18)27-14-17-8-7-11-26-22(17)28(21)23(29)32-24(3,4)5/h7-12,16,19,27H,13-15H2,1-6H3. The van der Waals surface area contributed by atoms with Crippen LogP contribution in [0.2, 0.25) is 0 Å². The molecule has 1 fully saturated rings. The minimum atomic E-state index is -0.623. The predicted octanol–water partition coefficient (Wildman–Crippen LogP) is 5.51. The van der Waals surface area contributed by atoms with Crippen molar-refractivity contribution in [1.29, 1.82) is 0 Å². The minimum absolute atomic E-state index is 0.0680. The fourth-order valence-corrected chi connectivity index (χ4v) is 4.27. The zero-order valence-corrected chi connectivity index (χ0v) is 19.8. The number of benzene rings is 1. The van der Waals surface area contributed by atoms with E-state index in [0.29, 0.717) is 24.7 Å². The molecular formula is C25H33N3O4. The maximum atomic E-state index is 13.2. The largest absolute Gasteiger partial charge is 0.443 e. The smallest absolute Gasteiger partial charge is 0.420 e. The number of anilines is 3. The molecule has 2 aliphatic heterocycles. The van der Waals surface area contributed by atoms with Gasteiger partial charge in [-0.15, -0.1) is 0 Å². The molecule has 0 bridgehead atoms. The van der Waals surface area contributed by atoms with Crippen LogP contribution in [0.5, 0.6) is 0 Å². The normalized spacial score (nSPS) is 22.7. The van der Waals surface area contributed by atoms with Gasteiger partial charge in [-0.2, -0.15) is 0 Å². The van der Waals surface area contributed by atoms with E-state index in [1.807, 2.05) is 58.9 Å². The van der Waals surface area contributed by atoms with Crippen LogP contribution >= 0.6 is 0 Å². The monoisotopic (exact) mass is 439 g/mol. The first kappa shape index (κ1) is 22.6. The van der Waals surface area contributed by atoms with E-state index in [4.69, 9.17) is 14.2 Å². The number of ether oxygens (including phenoxy) is 3. The van der Waals surface area contributed by atoms with Crippen molar-refractivity contribution in [2.75, 3.05) is 16.8 Å². The molecule has 0 spiro atoms. The number of carbonyl (C=O) groups excluding carboxylic acids is 1. The van der Waals surface area contributed by atoms with Crippen molar-refractivity contribution in [3.8, 4) is 0 Å². The number of hydrogen-bond acceptors (Lipinski definition) is 6. The third kappa shape index (κ3) is 4.59. The van der Waals surface area contributed by atoms with Crippen molar-refractivity contribution >= 4 is 23.3 Å². The number of aromatic nitrogens is 1. The van der Waals surface area contributed by atoms with E-state index >= 15 is 0 Å². The second-order valence-corrected chi connectivity index (χ2v) is 9.94. The van der Waals surface area contributed by atoms with E-state index in [0.717, 1.165) is 23.2 Å². The van der Waals surface area contributed by atoms with E-state index in [1.165, 1.54) is 0 Å². The molecule has 2 aliphatic rings. The highest BCUT2D eigenvalue weighted by atomic mass is 16.6. The summed E-state index contributed by atoms with van der Waals surface area (Å²) in [5.41, 5.74) is 2.43. The molecule has 0 saturated carbocycles. The van der Waals surface area contributed by atoms with Crippen molar-refractivity contribution in [3.05, 3.63) is 47.7 Å². The van der Waals surface area contributed by atoms with E-state index in [-0.39, 0.29) is 12.2 Å². The lowest BCUT2D eigenvalue weighted by Crippen LogP contribution is -2.34. The third-order valence-corrected chi connectivity index (χ3v) is 5.64. The van der Waals surface area contributed by atoms with Crippen LogP contribution in [0.25, 0.3) is 0 Å². The van der Waals surface area contributed by atoms with Crippen molar-refractivity contribution < 1.29 is 19.0 Å². The topological polar surface area (TPSA) is 72.9 Å². The zero-order chi connectivity index (χ0) is 23.1. The van der Waals surface area contributed by atoms with Crippen LogP contribution < -0.4 is 10.2 Å². The number of nitrogens with one attached hydrogen (secondary N) is 1. The van der Waals surface area contributed by atoms with Crippen LogP contribution in [0, 0.1) is 0 Å². The highest BCUT2D eigenvalue weighted by Crippen LogP contribution is 2.43. The van der Waals surface area contributed by atoms with Gasteiger partial charge in [0.15, 0.2) is 0 Å². The summed E-state index contributed by atoms with van der Waals surface area (Å²) in [5, 5.41) is 3.48. The van der Waals surface area contributed by atoms with Gasteiger partial charge in [0.2, 0.25) is 0 Å². The number of nitrogens with zero attached hydrogens (tertiary/aromatic N) is 2. The maximum absolute atomic E-state index is 13.2. The van der Waals surface area contributed by atoms with Gasteiger partial charge in [0.1, 0.15) is 11.4 Å². The Kier molecular flexibility index (Phi) is 5.90. The molecule has 1 amide bonds. The van der Waals surface area contributed by atoms with Gasteiger partial charge in [0, 0.05) is 24.7 Å². The number of amides is 1. The number of carbonyl (C=O) groups is 1. The quantitative estimate of drug-likeness (QED) is 0.680. The fourth-order valence-electron chi connectivity index (χ4n) is 4.27. The molecule has 2 atom stereocenters. The summed E-state index contributed by atoms with van der Waals surface area (Å²) in [6, 6.07) is 9.86. The summed E-state index contributed by atoms with van der Waals surface area (Å²) in [7, 11) is 0. The number of rotatable bonds is 3. The van der Waals surface area contributed by atoms with E-state index in [1.54, 1.807) is 11.1 Å². The maximum Gasteiger partial charge on any atom is 0.420 e. The Labute approximate surface area is 190 Å². The Bertz CT molecular complexity index is 1000. The zero-order valence-electron chi connectivity index (χ0n) is 19.8. The average Bonchev–Trinajstić information content (AvgIpc) is 2.99. The Morgan fingerprint density at radius 2 is 2.09 bits per heavy atom. The Morgan fingerprint density at radius 3 is 2.81 bits per heavy atom. The number of fused-ring (bicyclic) bond motifs is 2. The van der Waals surface area contributed by atoms with Crippen LogP contribution in [0.1, 0.15) is 59.1 Å². The predicted molar refractivity (Wildman–Crippen MR) is 124 cm³/mol. The van der Waals surface area contributed by atoms with Gasteiger partial charge in [-0.25, -0.2) is 14.7 Å². The first-order chi connectivity index (χ1) is 15.1. The fraction of sp³-hybridized carbons (Fsp3) is 0.520. The molecule has 1 N–H and O–H groups in total. The molecule has 3 heterocycles. The molecule has 0 aliphatic carbocycles. The lowest BCUT2D eigenvalue weighted by Gasteiger charge is -2.29. The van der Waals surface area contributed by atoms with Gasteiger partial charge in [0.05, 0.1) is 35.8 Å². The number of pyridine rings is 1. The van der Waals surface area contributed by atoms with Crippen LogP contribution in [0.3, 0.4) is 0 Å². The third-order valence-electron chi connectivity index (χ3n) is 5.64. The van der Waals surface area contributed by atoms with Crippen LogP contribution in [-0.2, 0) is 26.4 Å². The summed E-state index contributed by atoms with van der Waals surface area (Å²) in [6.45, 7) is 12.9. The van der Waals surface area contributed by atoms with E-state index in [9.17, 15) is 4.79 Å². The second kappa shape index (κ2) is 8.37. The molecule has 2 aromatic rings. The molecular weight excluding hydrogens is 406 g/mol. The Morgan fingerprint density at radius 1 is 1.31 bits per heavy atom. The molecule has 2 unspecified atom stereocenters. The summed E-state index contributed by atoms with van der Waals surface area (Å²) < 4.78 is 17.9. The van der Waals surface area contributed by atoms with E-state index in [2.05, 4.69) is 23.3 Å². The summed E-state index contributed by atoms with van der Waals surface area (Å²) in [5.74, 6) is 0.578. The highest BCUT2D eigenvalue weighted by molar-refractivity contribution is 6.00. The van der Waals surface area contributed by atoms with Crippen LogP contribution in [0.4, 0.5) is 22.0 Å². The molecule has 7 nitrogen and oxygen atoms in total. The van der Waals surface area contributed by atoms with E-state index < -0.39 is 17.3 Å². The van der Waals surface area contributed by atoms with Gasteiger partial charge >= 0.3 is 6.09 Å². The lowest BCUT2D eigenvalue weighted by molar-refractivity contribution is -0.0100. The average molecular weight is 440 g/mol. The molecule has 1 aromatic heterocycles. The van der Waals surface area contributed by atoms with Crippen molar-refractivity contribution in [3.63, 3.8) is 0 Å². The second-order valence-electron chi connectivity index (χ2n) is 9.94. The van der Waals surface area contributed by atoms with Gasteiger partial charge in [-0.3, -0.25) is 0 Å². The van der Waals surface area contributed by atoms with Gasteiger partial charge in [0.25, 0.3) is 0 Å². The molecule has 4 rings (SSSR count). The van der Waals surface area contributed by atoms with Gasteiger partial charge in [-0.05, 0) is 65.3 Å².